The fourth-order valence-corrected chi connectivity index (χ4v) is 3.75. The summed E-state index contributed by atoms with van der Waals surface area (Å²) >= 11 is 1.56. The largest absolute Gasteiger partial charge is 0.354 e. The third kappa shape index (κ3) is 4.37. The lowest BCUT2D eigenvalue weighted by Gasteiger charge is -2.15. The van der Waals surface area contributed by atoms with Crippen LogP contribution in [0.2, 0.25) is 0 Å². The summed E-state index contributed by atoms with van der Waals surface area (Å²) in [4.78, 5) is 11.7. The average Bonchev–Trinajstić information content (AvgIpc) is 3.28. The first kappa shape index (κ1) is 21.2. The van der Waals surface area contributed by atoms with E-state index in [2.05, 4.69) is 47.0 Å². The van der Waals surface area contributed by atoms with Crippen LogP contribution in [-0.2, 0) is 12.0 Å². The van der Waals surface area contributed by atoms with Crippen LogP contribution in [-0.4, -0.2) is 28.6 Å². The quantitative estimate of drug-likeness (QED) is 0.547. The molecule has 30 heavy (non-hydrogen) atoms. The zero-order valence-electron chi connectivity index (χ0n) is 17.6. The Morgan fingerprint density at radius 3 is 2.33 bits per heavy atom. The summed E-state index contributed by atoms with van der Waals surface area (Å²) in [5.74, 6) is 0.716. The maximum absolute atomic E-state index is 9.57. The van der Waals surface area contributed by atoms with Gasteiger partial charge in [-0.25, -0.2) is 0 Å². The number of imidazole rings is 1. The molecule has 0 unspecified atom stereocenters. The fraction of sp³-hybridized carbons (Fsp3) is 0.333. The van der Waals surface area contributed by atoms with Gasteiger partial charge in [0.15, 0.2) is 22.3 Å². The van der Waals surface area contributed by atoms with Crippen molar-refractivity contribution in [3.8, 4) is 12.1 Å². The highest BCUT2D eigenvalue weighted by molar-refractivity contribution is 7.16. The Kier molecular flexibility index (Phi) is 5.95. The third-order valence-electron chi connectivity index (χ3n) is 4.24. The van der Waals surface area contributed by atoms with Gasteiger partial charge < -0.3 is 4.90 Å². The molecule has 8 nitrogen and oxygen atoms in total. The number of anilines is 1. The molecule has 9 heteroatoms. The minimum atomic E-state index is -0.157. The van der Waals surface area contributed by atoms with Crippen LogP contribution in [0.5, 0.6) is 0 Å². The van der Waals surface area contributed by atoms with E-state index in [1.54, 1.807) is 15.9 Å². The molecule has 0 aliphatic carbocycles. The lowest BCUT2D eigenvalue weighted by Crippen LogP contribution is -2.09. The number of nitriles is 2. The maximum Gasteiger partial charge on any atom is 0.252 e. The van der Waals surface area contributed by atoms with Gasteiger partial charge in [-0.3, -0.25) is 4.57 Å². The molecule has 3 rings (SSSR count). The molecular weight excluding hydrogens is 396 g/mol. The summed E-state index contributed by atoms with van der Waals surface area (Å²) in [5, 5.41) is 28.5. The summed E-state index contributed by atoms with van der Waals surface area (Å²) in [7, 11) is 3.86. The van der Waals surface area contributed by atoms with Crippen molar-refractivity contribution in [2.75, 3.05) is 19.0 Å². The first-order valence-electron chi connectivity index (χ1n) is 9.29. The standard InChI is InChI=1S/C21H22N8S/c1-21(2,3)17-18(25-20(30-17)28(4)5)26-27-19-24-15(11-22)16(12-23)29(19)13-14-9-7-6-8-10-14/h6-10H,13H2,1-5H3/b27-26+. The molecule has 0 N–H and O–H groups in total. The van der Waals surface area contributed by atoms with Gasteiger partial charge in [0, 0.05) is 19.5 Å². The van der Waals surface area contributed by atoms with E-state index in [0.717, 1.165) is 15.6 Å². The summed E-state index contributed by atoms with van der Waals surface area (Å²) in [6.45, 7) is 6.64. The van der Waals surface area contributed by atoms with Crippen LogP contribution in [0.3, 0.4) is 0 Å². The van der Waals surface area contributed by atoms with Crippen molar-refractivity contribution in [1.29, 1.82) is 10.5 Å². The second-order valence-corrected chi connectivity index (χ2v) is 8.88. The molecule has 0 bridgehead atoms. The van der Waals surface area contributed by atoms with Crippen molar-refractivity contribution in [2.45, 2.75) is 32.7 Å². The van der Waals surface area contributed by atoms with Crippen molar-refractivity contribution in [3.05, 3.63) is 52.2 Å². The van der Waals surface area contributed by atoms with Gasteiger partial charge in [0.05, 0.1) is 11.4 Å². The van der Waals surface area contributed by atoms with Crippen molar-refractivity contribution in [2.24, 2.45) is 10.2 Å². The smallest absolute Gasteiger partial charge is 0.252 e. The van der Waals surface area contributed by atoms with Gasteiger partial charge in [0.25, 0.3) is 5.95 Å². The fourth-order valence-electron chi connectivity index (χ4n) is 2.77. The number of aromatic nitrogens is 3. The monoisotopic (exact) mass is 418 g/mol. The molecule has 152 valence electrons. The molecule has 0 amide bonds. The molecule has 0 spiro atoms. The summed E-state index contributed by atoms with van der Waals surface area (Å²) < 4.78 is 1.60. The molecule has 0 fully saturated rings. The Morgan fingerprint density at radius 2 is 1.77 bits per heavy atom. The number of rotatable bonds is 5. The summed E-state index contributed by atoms with van der Waals surface area (Å²) in [5.41, 5.74) is 1.01. The van der Waals surface area contributed by atoms with Gasteiger partial charge in [-0.05, 0) is 5.56 Å². The number of thiazole rings is 1. The molecule has 0 atom stereocenters. The normalized spacial score (nSPS) is 11.4. The van der Waals surface area contributed by atoms with Gasteiger partial charge in [-0.15, -0.1) is 10.2 Å². The SMILES string of the molecule is CN(C)c1nc(/N=N/c2nc(C#N)c(C#N)n2Cc2ccccc2)c(C(C)(C)C)s1. The van der Waals surface area contributed by atoms with E-state index in [4.69, 9.17) is 0 Å². The van der Waals surface area contributed by atoms with Crippen molar-refractivity contribution in [1.82, 2.24) is 14.5 Å². The van der Waals surface area contributed by atoms with Gasteiger partial charge in [-0.1, -0.05) is 62.4 Å². The number of hydrogen-bond acceptors (Lipinski definition) is 8. The number of hydrogen-bond donors (Lipinski definition) is 0. The predicted molar refractivity (Wildman–Crippen MR) is 117 cm³/mol. The number of benzene rings is 1. The third-order valence-corrected chi connectivity index (χ3v) is 5.88. The highest BCUT2D eigenvalue weighted by Gasteiger charge is 2.24. The Hall–Kier alpha value is -3.56. The first-order chi connectivity index (χ1) is 14.2. The minimum absolute atomic E-state index is 0.0330. The van der Waals surface area contributed by atoms with Crippen LogP contribution < -0.4 is 4.90 Å². The maximum atomic E-state index is 9.57. The van der Waals surface area contributed by atoms with E-state index in [-0.39, 0.29) is 22.8 Å². The highest BCUT2D eigenvalue weighted by Crippen LogP contribution is 2.40. The molecule has 0 saturated heterocycles. The first-order valence-corrected chi connectivity index (χ1v) is 10.1. The molecule has 2 heterocycles. The second-order valence-electron chi connectivity index (χ2n) is 7.90. The molecular formula is C21H22N8S. The van der Waals surface area contributed by atoms with E-state index in [0.29, 0.717) is 12.4 Å². The number of azo groups is 1. The molecule has 0 saturated carbocycles. The van der Waals surface area contributed by atoms with Gasteiger partial charge in [0.2, 0.25) is 0 Å². The van der Waals surface area contributed by atoms with Crippen LogP contribution in [0.4, 0.5) is 16.9 Å². The minimum Gasteiger partial charge on any atom is -0.354 e. The zero-order valence-corrected chi connectivity index (χ0v) is 18.4. The molecule has 0 aliphatic rings. The van der Waals surface area contributed by atoms with E-state index in [1.165, 1.54) is 0 Å². The molecule has 1 aromatic carbocycles. The van der Waals surface area contributed by atoms with Gasteiger partial charge >= 0.3 is 0 Å². The molecule has 3 aromatic rings. The van der Waals surface area contributed by atoms with Crippen LogP contribution in [0, 0.1) is 22.7 Å². The van der Waals surface area contributed by atoms with Crippen LogP contribution >= 0.6 is 11.3 Å². The van der Waals surface area contributed by atoms with Crippen molar-refractivity contribution < 1.29 is 0 Å². The van der Waals surface area contributed by atoms with E-state index in [9.17, 15) is 10.5 Å². The van der Waals surface area contributed by atoms with Crippen LogP contribution in [0.15, 0.2) is 40.6 Å². The van der Waals surface area contributed by atoms with Crippen LogP contribution in [0.1, 0.15) is 42.6 Å². The Morgan fingerprint density at radius 1 is 1.07 bits per heavy atom. The van der Waals surface area contributed by atoms with Crippen LogP contribution in [0.25, 0.3) is 0 Å². The summed E-state index contributed by atoms with van der Waals surface area (Å²) in [6, 6.07) is 13.7. The van der Waals surface area contributed by atoms with Crippen molar-refractivity contribution in [3.63, 3.8) is 0 Å². The second kappa shape index (κ2) is 8.44. The molecule has 2 aromatic heterocycles. The Bertz CT molecular complexity index is 1150. The zero-order chi connectivity index (χ0) is 21.9. The van der Waals surface area contributed by atoms with Gasteiger partial charge in [0.1, 0.15) is 12.1 Å². The predicted octanol–water partition coefficient (Wildman–Crippen LogP) is 4.91. The Labute approximate surface area is 179 Å². The average molecular weight is 419 g/mol. The number of nitrogens with zero attached hydrogens (tertiary/aromatic N) is 8. The topological polar surface area (TPSA) is 106 Å². The van der Waals surface area contributed by atoms with Crippen molar-refractivity contribution >= 4 is 28.2 Å². The lowest BCUT2D eigenvalue weighted by atomic mass is 9.95. The lowest BCUT2D eigenvalue weighted by molar-refractivity contribution is 0.603. The van der Waals surface area contributed by atoms with E-state index < -0.39 is 0 Å². The van der Waals surface area contributed by atoms with E-state index >= 15 is 0 Å². The molecule has 0 radical (unpaired) electrons. The Balaban J connectivity index is 2.07. The molecule has 0 aliphatic heterocycles. The summed E-state index contributed by atoms with van der Waals surface area (Å²) in [6.07, 6.45) is 0. The van der Waals surface area contributed by atoms with Gasteiger partial charge in [-0.2, -0.15) is 20.5 Å². The van der Waals surface area contributed by atoms with E-state index in [1.807, 2.05) is 55.4 Å². The highest BCUT2D eigenvalue weighted by atomic mass is 32.1.